The van der Waals surface area contributed by atoms with Crippen LogP contribution in [0, 0.1) is 39.3 Å². The fraction of sp³-hybridized carbons (Fsp3) is 0.176. The van der Waals surface area contributed by atoms with Gasteiger partial charge in [-0.2, -0.15) is 25.1 Å². The number of hydrogen-bond donors (Lipinski definition) is 6. The number of carbonyl (C=O) groups excluding carboxylic acids is 2. The number of amides is 2. The molecule has 0 aliphatic heterocycles. The van der Waals surface area contributed by atoms with Gasteiger partial charge in [0.25, 0.3) is 11.9 Å². The zero-order valence-electron chi connectivity index (χ0n) is 29.7. The van der Waals surface area contributed by atoms with Crippen molar-refractivity contribution in [2.24, 2.45) is 0 Å². The molecular formula is C34H34BClF2N10O6. The molecule has 54 heavy (non-hydrogen) atoms. The Morgan fingerprint density at radius 1 is 0.667 bits per heavy atom. The molecule has 0 atom stereocenters. The van der Waals surface area contributed by atoms with Crippen molar-refractivity contribution in [3.05, 3.63) is 100 Å². The highest BCUT2D eigenvalue weighted by Crippen LogP contribution is 2.26. The lowest BCUT2D eigenvalue weighted by Crippen LogP contribution is -2.29. The molecule has 2 aromatic carbocycles. The van der Waals surface area contributed by atoms with Gasteiger partial charge >= 0.3 is 7.12 Å². The summed E-state index contributed by atoms with van der Waals surface area (Å²) >= 11 is 5.90. The lowest BCUT2D eigenvalue weighted by Gasteiger charge is -2.10. The number of rotatable bonds is 6. The number of anilines is 2. The van der Waals surface area contributed by atoms with Gasteiger partial charge in [-0.3, -0.25) is 9.59 Å². The molecule has 0 radical (unpaired) electrons. The summed E-state index contributed by atoms with van der Waals surface area (Å²) in [4.78, 5) is 39.4. The molecular weight excluding hydrogens is 729 g/mol. The Balaban J connectivity index is 0.000000195. The molecule has 0 aliphatic rings. The molecule has 6 N–H and O–H groups in total. The number of halogens is 3. The summed E-state index contributed by atoms with van der Waals surface area (Å²) in [5.41, 5.74) is 3.98. The van der Waals surface area contributed by atoms with Crippen LogP contribution in [0.2, 0.25) is 5.15 Å². The average Bonchev–Trinajstić information content (AvgIpc) is 3.58. The molecule has 20 heteroatoms. The van der Waals surface area contributed by atoms with Crippen LogP contribution in [0.4, 0.5) is 20.4 Å². The van der Waals surface area contributed by atoms with E-state index < -0.39 is 18.8 Å². The van der Waals surface area contributed by atoms with Crippen LogP contribution < -0.4 is 16.1 Å². The predicted molar refractivity (Wildman–Crippen MR) is 196 cm³/mol. The minimum absolute atomic E-state index is 0.0671. The maximum absolute atomic E-state index is 13.6. The highest BCUT2D eigenvalue weighted by atomic mass is 35.5. The number of nitrogens with one attached hydrogen (secondary N) is 2. The highest BCUT2D eigenvalue weighted by Gasteiger charge is 2.15. The predicted octanol–water partition coefficient (Wildman–Crippen LogP) is 3.85. The van der Waals surface area contributed by atoms with Gasteiger partial charge in [0, 0.05) is 55.1 Å². The number of nitrogens with zero attached hydrogens (tertiary/aromatic N) is 8. The summed E-state index contributed by atoms with van der Waals surface area (Å²) in [6.45, 7) is 10.2. The van der Waals surface area contributed by atoms with E-state index in [0.717, 1.165) is 47.0 Å². The van der Waals surface area contributed by atoms with Gasteiger partial charge in [0.1, 0.15) is 39.9 Å². The number of hydrogen-bond acceptors (Lipinski definition) is 12. The lowest BCUT2D eigenvalue weighted by atomic mass is 9.80. The number of phenols is 2. The van der Waals surface area contributed by atoms with Crippen molar-refractivity contribution in [2.45, 2.75) is 41.5 Å². The van der Waals surface area contributed by atoms with Crippen LogP contribution in [0.3, 0.4) is 0 Å². The van der Waals surface area contributed by atoms with Crippen molar-refractivity contribution in [2.75, 3.05) is 10.6 Å². The summed E-state index contributed by atoms with van der Waals surface area (Å²) in [6, 6.07) is 13.3. The Hall–Kier alpha value is -6.31. The van der Waals surface area contributed by atoms with E-state index in [1.807, 2.05) is 39.8 Å². The lowest BCUT2D eigenvalue weighted by molar-refractivity contribution is -0.115. The third kappa shape index (κ3) is 11.3. The fourth-order valence-corrected chi connectivity index (χ4v) is 4.98. The summed E-state index contributed by atoms with van der Waals surface area (Å²) in [5.74, 6) is -1.19. The van der Waals surface area contributed by atoms with E-state index in [2.05, 4.69) is 40.8 Å². The fourth-order valence-electron chi connectivity index (χ4n) is 4.80. The molecule has 4 heterocycles. The van der Waals surface area contributed by atoms with Gasteiger partial charge in [0.05, 0.1) is 17.1 Å². The van der Waals surface area contributed by atoms with Gasteiger partial charge in [0.15, 0.2) is 0 Å². The number of benzene rings is 2. The molecule has 0 spiro atoms. The second kappa shape index (κ2) is 17.5. The summed E-state index contributed by atoms with van der Waals surface area (Å²) < 4.78 is 29.1. The van der Waals surface area contributed by atoms with Crippen molar-refractivity contribution in [1.82, 2.24) is 39.5 Å². The summed E-state index contributed by atoms with van der Waals surface area (Å²) in [7, 11) is -1.75. The minimum atomic E-state index is -1.75. The third-order valence-corrected chi connectivity index (χ3v) is 6.98. The normalized spacial score (nSPS) is 10.4. The molecule has 0 aliphatic carbocycles. The van der Waals surface area contributed by atoms with Gasteiger partial charge in [-0.15, -0.1) is 0 Å². The van der Waals surface area contributed by atoms with Crippen molar-refractivity contribution < 1.29 is 38.6 Å². The molecule has 4 aromatic heterocycles. The topological polar surface area (TPSA) is 226 Å². The average molecular weight is 763 g/mol. The number of phenolic OH excluding ortho intramolecular Hbond substituents is 2. The molecule has 6 rings (SSSR count). The first-order valence-electron chi connectivity index (χ1n) is 15.8. The second-order valence-corrected chi connectivity index (χ2v) is 12.1. The van der Waals surface area contributed by atoms with E-state index in [1.54, 1.807) is 4.68 Å². The Labute approximate surface area is 312 Å². The monoisotopic (exact) mass is 762 g/mol. The van der Waals surface area contributed by atoms with Crippen LogP contribution in [0.1, 0.15) is 36.6 Å². The van der Waals surface area contributed by atoms with E-state index in [9.17, 15) is 23.5 Å². The number of carbonyl (C=O) groups is 2. The standard InChI is InChI=1S/C17H16FN5O2.C11H12ClN5O.C6H6BFO3/c1-9-4-10(2)23(22-9)17-20-15(8-16(21-17)19-11(3)24)12-5-13(18)7-14(25)6-12;1-6-4-7(2)17(16-6)11-14-9(12)5-10(15-11)13-8(3)18;8-5-1-4(7(10)11)2-6(9)3-5/h4-8,25H,1-3H3,(H,19,20,21,24);4-5H,1-3H3,(H,13,14,15,18);1-3,9-11H. The molecule has 0 saturated carbocycles. The zero-order valence-corrected chi connectivity index (χ0v) is 30.4. The third-order valence-electron chi connectivity index (χ3n) is 6.79. The largest absolute Gasteiger partial charge is 0.508 e. The second-order valence-electron chi connectivity index (χ2n) is 11.7. The van der Waals surface area contributed by atoms with E-state index >= 15 is 0 Å². The van der Waals surface area contributed by atoms with Crippen molar-refractivity contribution in [3.63, 3.8) is 0 Å². The minimum Gasteiger partial charge on any atom is -0.508 e. The van der Waals surface area contributed by atoms with Crippen LogP contribution in [0.15, 0.2) is 60.7 Å². The van der Waals surface area contributed by atoms with Crippen LogP contribution in [-0.4, -0.2) is 78.7 Å². The number of aromatic nitrogens is 8. The van der Waals surface area contributed by atoms with Gasteiger partial charge in [-0.25, -0.2) is 23.1 Å². The van der Waals surface area contributed by atoms with E-state index in [1.165, 1.54) is 42.8 Å². The first-order valence-corrected chi connectivity index (χ1v) is 16.2. The Morgan fingerprint density at radius 3 is 1.59 bits per heavy atom. The van der Waals surface area contributed by atoms with E-state index in [-0.39, 0.29) is 45.7 Å². The van der Waals surface area contributed by atoms with Crippen LogP contribution in [-0.2, 0) is 9.59 Å². The molecule has 0 fully saturated rings. The van der Waals surface area contributed by atoms with E-state index in [0.29, 0.717) is 23.0 Å². The first kappa shape index (κ1) is 40.5. The van der Waals surface area contributed by atoms with Gasteiger partial charge in [-0.05, 0) is 69.6 Å². The molecule has 2 amide bonds. The molecule has 0 unspecified atom stereocenters. The van der Waals surface area contributed by atoms with Crippen molar-refractivity contribution in [1.29, 1.82) is 0 Å². The van der Waals surface area contributed by atoms with Crippen molar-refractivity contribution in [3.8, 4) is 34.7 Å². The van der Waals surface area contributed by atoms with Crippen molar-refractivity contribution >= 4 is 47.6 Å². The van der Waals surface area contributed by atoms with Crippen LogP contribution in [0.25, 0.3) is 23.2 Å². The molecule has 16 nitrogen and oxygen atoms in total. The van der Waals surface area contributed by atoms with Crippen LogP contribution in [0.5, 0.6) is 11.5 Å². The number of aryl methyl sites for hydroxylation is 4. The van der Waals surface area contributed by atoms with Gasteiger partial charge < -0.3 is 30.9 Å². The quantitative estimate of drug-likeness (QED) is 0.105. The maximum atomic E-state index is 13.6. The molecule has 6 aromatic rings. The Morgan fingerprint density at radius 2 is 1.15 bits per heavy atom. The molecule has 0 saturated heterocycles. The highest BCUT2D eigenvalue weighted by molar-refractivity contribution is 6.58. The smallest absolute Gasteiger partial charge is 0.488 e. The molecule has 0 bridgehead atoms. The molecule has 280 valence electrons. The van der Waals surface area contributed by atoms with Gasteiger partial charge in [0.2, 0.25) is 11.8 Å². The zero-order chi connectivity index (χ0) is 39.9. The Bertz CT molecular complexity index is 2280. The van der Waals surface area contributed by atoms with Gasteiger partial charge in [-0.1, -0.05) is 11.6 Å². The van der Waals surface area contributed by atoms with Crippen LogP contribution >= 0.6 is 11.6 Å². The van der Waals surface area contributed by atoms with E-state index in [4.69, 9.17) is 26.8 Å². The maximum Gasteiger partial charge on any atom is 0.488 e. The Kier molecular flexibility index (Phi) is 13.1. The SMILES string of the molecule is CC(=O)Nc1cc(-c2cc(O)cc(F)c2)nc(-n2nc(C)cc2C)n1.CC(=O)Nc1cc(Cl)nc(-n2nc(C)cc2C)n1.OB(O)c1cc(O)cc(F)c1. The summed E-state index contributed by atoms with van der Waals surface area (Å²) in [6.07, 6.45) is 0. The number of aromatic hydroxyl groups is 2. The first-order chi connectivity index (χ1) is 25.4. The summed E-state index contributed by atoms with van der Waals surface area (Å²) in [5, 5.41) is 49.5.